The van der Waals surface area contributed by atoms with Crippen molar-refractivity contribution in [1.82, 2.24) is 4.98 Å². The van der Waals surface area contributed by atoms with Crippen LogP contribution in [-0.4, -0.2) is 24.2 Å². The van der Waals surface area contributed by atoms with Crippen LogP contribution in [-0.2, 0) is 0 Å². The van der Waals surface area contributed by atoms with E-state index in [2.05, 4.69) is 16.4 Å². The third-order valence-electron chi connectivity index (χ3n) is 3.32. The summed E-state index contributed by atoms with van der Waals surface area (Å²) >= 11 is 1.64. The van der Waals surface area contributed by atoms with Crippen LogP contribution < -0.4 is 10.1 Å². The Morgan fingerprint density at radius 1 is 1.18 bits per heavy atom. The van der Waals surface area contributed by atoms with E-state index < -0.39 is 0 Å². The summed E-state index contributed by atoms with van der Waals surface area (Å²) in [6, 6.07) is 11.4. The molecule has 0 unspecified atom stereocenters. The normalized spacial score (nSPS) is 11.2. The smallest absolute Gasteiger partial charge is 0.161 e. The van der Waals surface area contributed by atoms with Crippen molar-refractivity contribution in [2.45, 2.75) is 0 Å². The standard InChI is InChI=1S/C17H16N2O2S/c1-18-12-5-6-13-16(10-12)22-17(19-13)8-4-11-3-7-14(20)15(9-11)21-2/h3-10,18,20H,1-2H3. The zero-order chi connectivity index (χ0) is 15.5. The Labute approximate surface area is 132 Å². The molecule has 4 nitrogen and oxygen atoms in total. The molecule has 0 aliphatic rings. The van der Waals surface area contributed by atoms with Crippen LogP contribution in [0.4, 0.5) is 5.69 Å². The van der Waals surface area contributed by atoms with Gasteiger partial charge < -0.3 is 15.2 Å². The molecule has 0 saturated carbocycles. The van der Waals surface area contributed by atoms with E-state index in [0.717, 1.165) is 26.5 Å². The second-order valence-corrected chi connectivity index (χ2v) is 5.81. The average molecular weight is 312 g/mol. The molecule has 0 bridgehead atoms. The number of hydrogen-bond acceptors (Lipinski definition) is 5. The third kappa shape index (κ3) is 2.89. The topological polar surface area (TPSA) is 54.4 Å². The summed E-state index contributed by atoms with van der Waals surface area (Å²) in [5.74, 6) is 0.601. The summed E-state index contributed by atoms with van der Waals surface area (Å²) in [5.41, 5.74) is 3.02. The molecule has 1 aromatic heterocycles. The summed E-state index contributed by atoms with van der Waals surface area (Å²) in [5, 5.41) is 13.7. The van der Waals surface area contributed by atoms with Gasteiger partial charge in [-0.2, -0.15) is 0 Å². The Kier molecular flexibility index (Phi) is 3.98. The molecule has 0 aliphatic heterocycles. The van der Waals surface area contributed by atoms with Crippen molar-refractivity contribution in [1.29, 1.82) is 0 Å². The summed E-state index contributed by atoms with van der Waals surface area (Å²) < 4.78 is 6.26. The van der Waals surface area contributed by atoms with E-state index in [1.54, 1.807) is 23.5 Å². The number of benzene rings is 2. The van der Waals surface area contributed by atoms with Crippen molar-refractivity contribution >= 4 is 39.4 Å². The predicted molar refractivity (Wildman–Crippen MR) is 92.8 cm³/mol. The van der Waals surface area contributed by atoms with Crippen molar-refractivity contribution < 1.29 is 9.84 Å². The number of aromatic hydroxyl groups is 1. The number of anilines is 1. The maximum Gasteiger partial charge on any atom is 0.161 e. The summed E-state index contributed by atoms with van der Waals surface area (Å²) in [6.45, 7) is 0. The SMILES string of the molecule is CNc1ccc2nc(C=Cc3ccc(O)c(OC)c3)sc2c1. The molecule has 0 atom stereocenters. The monoisotopic (exact) mass is 312 g/mol. The van der Waals surface area contributed by atoms with Crippen LogP contribution in [0.15, 0.2) is 36.4 Å². The molecule has 0 saturated heterocycles. The van der Waals surface area contributed by atoms with Crippen LogP contribution in [0.1, 0.15) is 10.6 Å². The molecule has 0 amide bonds. The van der Waals surface area contributed by atoms with Crippen molar-refractivity contribution in [3.63, 3.8) is 0 Å². The van der Waals surface area contributed by atoms with Crippen LogP contribution >= 0.6 is 11.3 Å². The maximum atomic E-state index is 9.60. The number of aromatic nitrogens is 1. The molecule has 2 aromatic carbocycles. The summed E-state index contributed by atoms with van der Waals surface area (Å²) in [7, 11) is 3.44. The minimum Gasteiger partial charge on any atom is -0.504 e. The first-order chi connectivity index (χ1) is 10.7. The molecular formula is C17H16N2O2S. The summed E-state index contributed by atoms with van der Waals surface area (Å²) in [4.78, 5) is 4.59. The molecule has 1 heterocycles. The van der Waals surface area contributed by atoms with Gasteiger partial charge in [0.1, 0.15) is 5.01 Å². The van der Waals surface area contributed by atoms with Crippen molar-refractivity contribution in [2.24, 2.45) is 0 Å². The van der Waals surface area contributed by atoms with Crippen LogP contribution in [0.25, 0.3) is 22.4 Å². The molecule has 0 fully saturated rings. The third-order valence-corrected chi connectivity index (χ3v) is 4.30. The number of hydrogen-bond donors (Lipinski definition) is 2. The first-order valence-corrected chi connectivity index (χ1v) is 7.64. The van der Waals surface area contributed by atoms with Crippen LogP contribution in [0, 0.1) is 0 Å². The van der Waals surface area contributed by atoms with Gasteiger partial charge in [-0.3, -0.25) is 0 Å². The second-order valence-electron chi connectivity index (χ2n) is 4.75. The van der Waals surface area contributed by atoms with Crippen molar-refractivity contribution in [3.8, 4) is 11.5 Å². The van der Waals surface area contributed by atoms with E-state index in [1.165, 1.54) is 7.11 Å². The maximum absolute atomic E-state index is 9.60. The molecule has 5 heteroatoms. The number of thiazole rings is 1. The van der Waals surface area contributed by atoms with E-state index in [0.29, 0.717) is 5.75 Å². The Balaban J connectivity index is 1.88. The van der Waals surface area contributed by atoms with Gasteiger partial charge in [0.25, 0.3) is 0 Å². The van der Waals surface area contributed by atoms with Gasteiger partial charge in [-0.1, -0.05) is 12.1 Å². The molecule has 22 heavy (non-hydrogen) atoms. The van der Waals surface area contributed by atoms with Crippen molar-refractivity contribution in [3.05, 3.63) is 47.0 Å². The van der Waals surface area contributed by atoms with Gasteiger partial charge in [-0.25, -0.2) is 4.98 Å². The molecular weight excluding hydrogens is 296 g/mol. The highest BCUT2D eigenvalue weighted by atomic mass is 32.1. The molecule has 3 rings (SSSR count). The highest BCUT2D eigenvalue weighted by Gasteiger charge is 2.03. The fraction of sp³-hybridized carbons (Fsp3) is 0.118. The number of fused-ring (bicyclic) bond motifs is 1. The first-order valence-electron chi connectivity index (χ1n) is 6.83. The number of methoxy groups -OCH3 is 1. The van der Waals surface area contributed by atoms with Crippen LogP contribution in [0.2, 0.25) is 0 Å². The lowest BCUT2D eigenvalue weighted by molar-refractivity contribution is 0.373. The largest absolute Gasteiger partial charge is 0.504 e. The molecule has 2 N–H and O–H groups in total. The Morgan fingerprint density at radius 2 is 2.05 bits per heavy atom. The number of rotatable bonds is 4. The number of nitrogens with one attached hydrogen (secondary N) is 1. The highest BCUT2D eigenvalue weighted by Crippen LogP contribution is 2.29. The summed E-state index contributed by atoms with van der Waals surface area (Å²) in [6.07, 6.45) is 3.92. The van der Waals surface area contributed by atoms with E-state index in [4.69, 9.17) is 4.74 Å². The minimum atomic E-state index is 0.138. The molecule has 112 valence electrons. The van der Waals surface area contributed by atoms with E-state index >= 15 is 0 Å². The number of nitrogens with zero attached hydrogens (tertiary/aromatic N) is 1. The van der Waals surface area contributed by atoms with Crippen LogP contribution in [0.5, 0.6) is 11.5 Å². The molecule has 3 aromatic rings. The second kappa shape index (κ2) is 6.07. The van der Waals surface area contributed by atoms with Crippen LogP contribution in [0.3, 0.4) is 0 Å². The van der Waals surface area contributed by atoms with E-state index in [1.807, 2.05) is 37.4 Å². The fourth-order valence-electron chi connectivity index (χ4n) is 2.13. The lowest BCUT2D eigenvalue weighted by atomic mass is 10.2. The van der Waals surface area contributed by atoms with Gasteiger partial charge in [0, 0.05) is 12.7 Å². The Hall–Kier alpha value is -2.53. The minimum absolute atomic E-state index is 0.138. The van der Waals surface area contributed by atoms with Crippen molar-refractivity contribution in [2.75, 3.05) is 19.5 Å². The van der Waals surface area contributed by atoms with Gasteiger partial charge in [-0.15, -0.1) is 11.3 Å². The number of ether oxygens (including phenoxy) is 1. The number of phenolic OH excluding ortho intramolecular Hbond substituents is 1. The van der Waals surface area contributed by atoms with Gasteiger partial charge in [0.2, 0.25) is 0 Å². The lowest BCUT2D eigenvalue weighted by Gasteiger charge is -2.03. The fourth-order valence-corrected chi connectivity index (χ4v) is 3.04. The zero-order valence-electron chi connectivity index (χ0n) is 12.3. The highest BCUT2D eigenvalue weighted by molar-refractivity contribution is 7.19. The van der Waals surface area contributed by atoms with E-state index in [-0.39, 0.29) is 5.75 Å². The lowest BCUT2D eigenvalue weighted by Crippen LogP contribution is -1.85. The van der Waals surface area contributed by atoms with Gasteiger partial charge >= 0.3 is 0 Å². The molecule has 0 aliphatic carbocycles. The van der Waals surface area contributed by atoms with Gasteiger partial charge in [-0.05, 0) is 42.0 Å². The zero-order valence-corrected chi connectivity index (χ0v) is 13.1. The van der Waals surface area contributed by atoms with Gasteiger partial charge in [0.15, 0.2) is 11.5 Å². The molecule has 0 radical (unpaired) electrons. The Morgan fingerprint density at radius 3 is 2.82 bits per heavy atom. The number of phenols is 1. The van der Waals surface area contributed by atoms with Gasteiger partial charge in [0.05, 0.1) is 17.3 Å². The quantitative estimate of drug-likeness (QED) is 0.757. The predicted octanol–water partition coefficient (Wildman–Crippen LogP) is 4.22. The average Bonchev–Trinajstić information content (AvgIpc) is 2.95. The molecule has 0 spiro atoms. The Bertz CT molecular complexity index is 840. The first kappa shape index (κ1) is 14.4. The van der Waals surface area contributed by atoms with E-state index in [9.17, 15) is 5.11 Å².